The van der Waals surface area contributed by atoms with Crippen molar-refractivity contribution < 1.29 is 19.2 Å². The summed E-state index contributed by atoms with van der Waals surface area (Å²) in [6.45, 7) is 0.168. The van der Waals surface area contributed by atoms with Gasteiger partial charge in [-0.05, 0) is 65.9 Å². The number of ether oxygens (including phenoxy) is 1. The Bertz CT molecular complexity index is 1300. The maximum Gasteiger partial charge on any atom is 0.298 e. The third-order valence-electron chi connectivity index (χ3n) is 4.69. The number of anilines is 1. The number of nitro benzene ring substituents is 1. The van der Waals surface area contributed by atoms with Gasteiger partial charge in [-0.15, -0.1) is 0 Å². The van der Waals surface area contributed by atoms with Crippen molar-refractivity contribution in [1.29, 1.82) is 0 Å². The van der Waals surface area contributed by atoms with Crippen LogP contribution >= 0.6 is 39.3 Å². The Morgan fingerprint density at radius 2 is 1.82 bits per heavy atom. The largest absolute Gasteiger partial charge is 0.488 e. The minimum Gasteiger partial charge on any atom is -0.488 e. The van der Waals surface area contributed by atoms with Crippen molar-refractivity contribution in [3.63, 3.8) is 0 Å². The fourth-order valence-corrected chi connectivity index (χ4v) is 4.51. The predicted octanol–water partition coefficient (Wildman–Crippen LogP) is 6.83. The molecule has 0 radical (unpaired) electrons. The van der Waals surface area contributed by atoms with Crippen LogP contribution in [0.4, 0.5) is 16.2 Å². The molecule has 33 heavy (non-hydrogen) atoms. The van der Waals surface area contributed by atoms with Crippen molar-refractivity contribution in [1.82, 2.24) is 0 Å². The number of imide groups is 1. The second-order valence-electron chi connectivity index (χ2n) is 6.86. The Morgan fingerprint density at radius 1 is 1.09 bits per heavy atom. The first kappa shape index (κ1) is 23.0. The molecule has 1 fully saturated rings. The zero-order valence-corrected chi connectivity index (χ0v) is 19.9. The van der Waals surface area contributed by atoms with Gasteiger partial charge in [-0.25, -0.2) is 4.90 Å². The molecule has 1 heterocycles. The molecule has 0 bridgehead atoms. The lowest BCUT2D eigenvalue weighted by atomic mass is 10.1. The number of para-hydroxylation sites is 1. The third-order valence-corrected chi connectivity index (χ3v) is 6.37. The quantitative estimate of drug-likeness (QED) is 0.192. The lowest BCUT2D eigenvalue weighted by molar-refractivity contribution is -0.384. The maximum absolute atomic E-state index is 13.0. The fourth-order valence-electron chi connectivity index (χ4n) is 3.09. The predicted molar refractivity (Wildman–Crippen MR) is 131 cm³/mol. The van der Waals surface area contributed by atoms with E-state index in [1.165, 1.54) is 12.1 Å². The van der Waals surface area contributed by atoms with Crippen molar-refractivity contribution in [3.05, 3.63) is 102 Å². The Balaban J connectivity index is 1.58. The Morgan fingerprint density at radius 3 is 2.52 bits per heavy atom. The van der Waals surface area contributed by atoms with E-state index in [4.69, 9.17) is 16.3 Å². The van der Waals surface area contributed by atoms with Crippen LogP contribution in [-0.4, -0.2) is 16.1 Å². The van der Waals surface area contributed by atoms with Gasteiger partial charge in [0.05, 0.1) is 20.5 Å². The van der Waals surface area contributed by atoms with Gasteiger partial charge in [-0.1, -0.05) is 39.7 Å². The number of halogens is 2. The summed E-state index contributed by atoms with van der Waals surface area (Å²) in [6, 6.07) is 18.0. The molecule has 1 aliphatic rings. The number of carbonyl (C=O) groups is 2. The molecule has 7 nitrogen and oxygen atoms in total. The first-order valence-electron chi connectivity index (χ1n) is 9.51. The van der Waals surface area contributed by atoms with Crippen LogP contribution in [0.2, 0.25) is 5.02 Å². The normalized spacial score (nSPS) is 14.7. The molecule has 0 unspecified atom stereocenters. The van der Waals surface area contributed by atoms with Gasteiger partial charge in [-0.3, -0.25) is 19.7 Å². The molecule has 4 rings (SSSR count). The lowest BCUT2D eigenvalue weighted by Crippen LogP contribution is -2.27. The van der Waals surface area contributed by atoms with Gasteiger partial charge in [0.1, 0.15) is 12.4 Å². The molecule has 1 saturated heterocycles. The van der Waals surface area contributed by atoms with Crippen molar-refractivity contribution in [2.45, 2.75) is 6.61 Å². The van der Waals surface area contributed by atoms with Crippen LogP contribution in [0.5, 0.6) is 5.75 Å². The van der Waals surface area contributed by atoms with Crippen LogP contribution in [0.1, 0.15) is 11.1 Å². The van der Waals surface area contributed by atoms with E-state index in [9.17, 15) is 19.7 Å². The molecule has 0 saturated carbocycles. The van der Waals surface area contributed by atoms with Crippen LogP contribution in [0.15, 0.2) is 76.1 Å². The fraction of sp³-hybridized carbons (Fsp3) is 0.0435. The number of thioether (sulfide) groups is 1. The van der Waals surface area contributed by atoms with E-state index in [0.717, 1.165) is 26.7 Å². The highest BCUT2D eigenvalue weighted by atomic mass is 79.9. The highest BCUT2D eigenvalue weighted by molar-refractivity contribution is 9.10. The standard InChI is InChI=1S/C23H14BrClN2O5S/c24-16-7-10-20(32-13-14-5-8-17(9-6-14)27(30)31)15(11-16)12-21-22(28)26(23(29)33-21)19-4-2-1-3-18(19)25/h1-12H,13H2/b21-12-. The molecule has 2 amide bonds. The molecule has 0 spiro atoms. The second kappa shape index (κ2) is 9.78. The third kappa shape index (κ3) is 5.11. The summed E-state index contributed by atoms with van der Waals surface area (Å²) in [5.41, 5.74) is 1.66. The molecule has 0 aromatic heterocycles. The van der Waals surface area contributed by atoms with E-state index >= 15 is 0 Å². The summed E-state index contributed by atoms with van der Waals surface area (Å²) in [4.78, 5) is 37.2. The topological polar surface area (TPSA) is 89.7 Å². The van der Waals surface area contributed by atoms with Crippen molar-refractivity contribution in [2.75, 3.05) is 4.90 Å². The molecule has 0 atom stereocenters. The lowest BCUT2D eigenvalue weighted by Gasteiger charge is -2.14. The van der Waals surface area contributed by atoms with Gasteiger partial charge in [0.2, 0.25) is 0 Å². The monoisotopic (exact) mass is 544 g/mol. The first-order chi connectivity index (χ1) is 15.8. The van der Waals surface area contributed by atoms with Crippen molar-refractivity contribution in [3.8, 4) is 5.75 Å². The number of nitro groups is 1. The Kier molecular flexibility index (Phi) is 6.83. The number of benzene rings is 3. The van der Waals surface area contributed by atoms with Gasteiger partial charge >= 0.3 is 0 Å². The van der Waals surface area contributed by atoms with Gasteiger partial charge in [-0.2, -0.15) is 0 Å². The van der Waals surface area contributed by atoms with E-state index in [-0.39, 0.29) is 17.2 Å². The molecule has 10 heteroatoms. The summed E-state index contributed by atoms with van der Waals surface area (Å²) < 4.78 is 6.67. The summed E-state index contributed by atoms with van der Waals surface area (Å²) in [5, 5.41) is 10.7. The van der Waals surface area contributed by atoms with Gasteiger partial charge in [0, 0.05) is 22.2 Å². The summed E-state index contributed by atoms with van der Waals surface area (Å²) in [6.07, 6.45) is 1.59. The van der Waals surface area contributed by atoms with Gasteiger partial charge < -0.3 is 4.74 Å². The zero-order valence-electron chi connectivity index (χ0n) is 16.7. The molecule has 0 aliphatic carbocycles. The van der Waals surface area contributed by atoms with E-state index < -0.39 is 16.1 Å². The smallest absolute Gasteiger partial charge is 0.298 e. The molecule has 3 aromatic rings. The molecular formula is C23H14BrClN2O5S. The van der Waals surface area contributed by atoms with Crippen molar-refractivity contribution >= 4 is 67.9 Å². The van der Waals surface area contributed by atoms with E-state index in [1.807, 2.05) is 0 Å². The van der Waals surface area contributed by atoms with Crippen LogP contribution < -0.4 is 9.64 Å². The average Bonchev–Trinajstić information content (AvgIpc) is 3.06. The van der Waals surface area contributed by atoms with Crippen LogP contribution in [0.3, 0.4) is 0 Å². The number of amides is 2. The Labute approximate surface area is 206 Å². The van der Waals surface area contributed by atoms with Crippen LogP contribution in [0.25, 0.3) is 6.08 Å². The van der Waals surface area contributed by atoms with E-state index in [1.54, 1.807) is 60.7 Å². The SMILES string of the molecule is O=C1S/C(=C\c2cc(Br)ccc2OCc2ccc([N+](=O)[O-])cc2)C(=O)N1c1ccccc1Cl. The minimum absolute atomic E-state index is 0.00248. The zero-order chi connectivity index (χ0) is 23.5. The summed E-state index contributed by atoms with van der Waals surface area (Å²) >= 11 is 10.4. The molecule has 1 aliphatic heterocycles. The van der Waals surface area contributed by atoms with Crippen molar-refractivity contribution in [2.24, 2.45) is 0 Å². The molecule has 3 aromatic carbocycles. The number of hydrogen-bond acceptors (Lipinski definition) is 6. The number of hydrogen-bond donors (Lipinski definition) is 0. The van der Waals surface area contributed by atoms with Crippen LogP contribution in [-0.2, 0) is 11.4 Å². The van der Waals surface area contributed by atoms with Crippen LogP contribution in [0, 0.1) is 10.1 Å². The average molecular weight is 546 g/mol. The molecular weight excluding hydrogens is 532 g/mol. The second-order valence-corrected chi connectivity index (χ2v) is 9.18. The molecule has 166 valence electrons. The maximum atomic E-state index is 13.0. The number of rotatable bonds is 6. The number of non-ortho nitro benzene ring substituents is 1. The Hall–Kier alpha value is -3.14. The summed E-state index contributed by atoms with van der Waals surface area (Å²) in [7, 11) is 0. The van der Waals surface area contributed by atoms with Gasteiger partial charge in [0.15, 0.2) is 0 Å². The highest BCUT2D eigenvalue weighted by Gasteiger charge is 2.37. The summed E-state index contributed by atoms with van der Waals surface area (Å²) in [5.74, 6) is 0.0143. The highest BCUT2D eigenvalue weighted by Crippen LogP contribution is 2.39. The van der Waals surface area contributed by atoms with E-state index in [2.05, 4.69) is 15.9 Å². The number of nitrogens with zero attached hydrogens (tertiary/aromatic N) is 2. The first-order valence-corrected chi connectivity index (χ1v) is 11.5. The minimum atomic E-state index is -0.473. The number of carbonyl (C=O) groups excluding carboxylic acids is 2. The van der Waals surface area contributed by atoms with Gasteiger partial charge in [0.25, 0.3) is 16.8 Å². The molecule has 0 N–H and O–H groups in total. The van der Waals surface area contributed by atoms with E-state index in [0.29, 0.717) is 22.0 Å².